The maximum Gasteiger partial charge on any atom is 0.326 e. The Morgan fingerprint density at radius 2 is 1.87 bits per heavy atom. The summed E-state index contributed by atoms with van der Waals surface area (Å²) in [6.45, 7) is 11.5. The van der Waals surface area contributed by atoms with E-state index in [4.69, 9.17) is 0 Å². The predicted octanol–water partition coefficient (Wildman–Crippen LogP) is 5.58. The fraction of sp³-hybridized carbons (Fsp3) is 0.676. The summed E-state index contributed by atoms with van der Waals surface area (Å²) in [5, 5.41) is 16.5. The number of aliphatic hydroxyl groups is 1. The summed E-state index contributed by atoms with van der Waals surface area (Å²) in [6.07, 6.45) is 16.7. The van der Waals surface area contributed by atoms with Crippen molar-refractivity contribution >= 4 is 11.0 Å². The highest BCUT2D eigenvalue weighted by atomic mass is 16.3. The van der Waals surface area contributed by atoms with Gasteiger partial charge in [0.2, 0.25) is 0 Å². The van der Waals surface area contributed by atoms with Gasteiger partial charge in [0.05, 0.1) is 16.6 Å². The van der Waals surface area contributed by atoms with Crippen LogP contribution in [-0.4, -0.2) is 31.8 Å². The molecule has 3 N–H and O–H groups in total. The number of imidazole rings is 1. The molecule has 6 saturated carbocycles. The third kappa shape index (κ3) is 2.17. The van der Waals surface area contributed by atoms with Crippen molar-refractivity contribution in [3.63, 3.8) is 0 Å². The zero-order valence-corrected chi connectivity index (χ0v) is 23.4. The minimum Gasteiger partial charge on any atom is -0.390 e. The van der Waals surface area contributed by atoms with E-state index < -0.39 is 5.60 Å². The molecule has 6 aliphatic carbocycles. The summed E-state index contributed by atoms with van der Waals surface area (Å²) < 4.78 is 2.11. The van der Waals surface area contributed by atoms with Gasteiger partial charge in [-0.1, -0.05) is 37.6 Å². The molecule has 0 spiro atoms. The first-order valence-corrected chi connectivity index (χ1v) is 15.8. The maximum atomic E-state index is 13.5. The first kappa shape index (κ1) is 23.6. The summed E-state index contributed by atoms with van der Waals surface area (Å²) in [5.74, 6) is 1.51. The Balaban J connectivity index is 1.32. The van der Waals surface area contributed by atoms with Crippen molar-refractivity contribution in [2.24, 2.45) is 34.0 Å². The number of benzene rings is 1. The minimum atomic E-state index is -0.554. The van der Waals surface area contributed by atoms with Crippen molar-refractivity contribution in [1.82, 2.24) is 14.9 Å². The molecular weight excluding hydrogens is 482 g/mol. The van der Waals surface area contributed by atoms with Gasteiger partial charge in [0.1, 0.15) is 0 Å². The van der Waals surface area contributed by atoms with E-state index in [1.165, 1.54) is 44.1 Å². The number of H-pyrrole nitrogens is 1. The van der Waals surface area contributed by atoms with Crippen LogP contribution in [0.3, 0.4) is 0 Å². The third-order valence-corrected chi connectivity index (χ3v) is 14.7. The molecule has 0 saturated heterocycles. The normalized spacial score (nSPS) is 49.8. The van der Waals surface area contributed by atoms with Gasteiger partial charge in [0.25, 0.3) is 0 Å². The van der Waals surface area contributed by atoms with E-state index in [0.717, 1.165) is 49.7 Å². The summed E-state index contributed by atoms with van der Waals surface area (Å²) in [7, 11) is 0. The number of aromatic nitrogens is 2. The molecule has 8 unspecified atom stereocenters. The molecule has 1 aromatic heterocycles. The van der Waals surface area contributed by atoms with Crippen LogP contribution in [0.25, 0.3) is 11.0 Å². The number of aryl methyl sites for hydroxylation is 1. The zero-order chi connectivity index (χ0) is 26.6. The average Bonchev–Trinajstić information content (AvgIpc) is 3.62. The average molecular weight is 526 g/mol. The van der Waals surface area contributed by atoms with Crippen LogP contribution in [0.1, 0.15) is 83.1 Å². The molecule has 6 fully saturated rings. The van der Waals surface area contributed by atoms with Crippen LogP contribution in [-0.2, 0) is 12.0 Å². The highest BCUT2D eigenvalue weighted by molar-refractivity contribution is 5.81. The number of hydrogen-bond donors (Lipinski definition) is 3. The van der Waals surface area contributed by atoms with Crippen LogP contribution < -0.4 is 11.0 Å². The summed E-state index contributed by atoms with van der Waals surface area (Å²) >= 11 is 0. The van der Waals surface area contributed by atoms with Crippen molar-refractivity contribution in [3.05, 3.63) is 59.6 Å². The summed E-state index contributed by atoms with van der Waals surface area (Å²) in [4.78, 5) is 16.7. The molecule has 2 aromatic rings. The lowest BCUT2D eigenvalue weighted by molar-refractivity contribution is -0.311. The SMILES string of the molecule is C=CC(C=C)NC12CCC34CCn5c(=O)[nH]c6cccc(c65)C56CCC7(O)CC(CC5)(C76)C(CC3)(C41)[C@H]2CC. The second-order valence-electron chi connectivity index (χ2n) is 15.0. The maximum absolute atomic E-state index is 13.5. The second kappa shape index (κ2) is 6.85. The highest BCUT2D eigenvalue weighted by Crippen LogP contribution is 2.92. The van der Waals surface area contributed by atoms with Crippen molar-refractivity contribution in [1.29, 1.82) is 0 Å². The Bertz CT molecular complexity index is 1510. The molecule has 5 nitrogen and oxygen atoms in total. The van der Waals surface area contributed by atoms with Crippen LogP contribution >= 0.6 is 0 Å². The number of aromatic amines is 1. The van der Waals surface area contributed by atoms with E-state index in [0.29, 0.717) is 17.8 Å². The van der Waals surface area contributed by atoms with Crippen molar-refractivity contribution in [2.75, 3.05) is 0 Å². The van der Waals surface area contributed by atoms with Gasteiger partial charge in [0, 0.05) is 29.5 Å². The Hall–Kier alpha value is -2.11. The topological polar surface area (TPSA) is 70.0 Å². The third-order valence-electron chi connectivity index (χ3n) is 14.7. The molecule has 7 aliphatic rings. The molecule has 206 valence electrons. The Kier molecular flexibility index (Phi) is 4.14. The Morgan fingerprint density at radius 3 is 2.67 bits per heavy atom. The molecule has 0 radical (unpaired) electrons. The van der Waals surface area contributed by atoms with Gasteiger partial charge in [-0.15, -0.1) is 13.2 Å². The second-order valence-corrected chi connectivity index (χ2v) is 15.0. The van der Waals surface area contributed by atoms with Crippen LogP contribution in [0.4, 0.5) is 0 Å². The molecule has 5 heteroatoms. The van der Waals surface area contributed by atoms with Gasteiger partial charge < -0.3 is 15.4 Å². The van der Waals surface area contributed by atoms with Crippen molar-refractivity contribution in [3.8, 4) is 0 Å². The van der Waals surface area contributed by atoms with E-state index in [9.17, 15) is 9.90 Å². The lowest BCUT2D eigenvalue weighted by Gasteiger charge is -2.78. The zero-order valence-electron chi connectivity index (χ0n) is 23.4. The molecule has 39 heavy (non-hydrogen) atoms. The molecule has 9 rings (SSSR count). The number of nitrogens with one attached hydrogen (secondary N) is 2. The van der Waals surface area contributed by atoms with Gasteiger partial charge in [-0.25, -0.2) is 4.79 Å². The van der Waals surface area contributed by atoms with Crippen LogP contribution in [0.5, 0.6) is 0 Å². The molecule has 1 aliphatic heterocycles. The lowest BCUT2D eigenvalue weighted by atomic mass is 9.28. The number of hydrogen-bond acceptors (Lipinski definition) is 3. The van der Waals surface area contributed by atoms with Crippen LogP contribution in [0.15, 0.2) is 48.3 Å². The first-order chi connectivity index (χ1) is 18.8. The number of para-hydroxylation sites is 1. The van der Waals surface area contributed by atoms with E-state index in [1.807, 2.05) is 12.2 Å². The summed E-state index contributed by atoms with van der Waals surface area (Å²) in [6, 6.07) is 6.68. The van der Waals surface area contributed by atoms with Crippen LogP contribution in [0, 0.1) is 34.0 Å². The summed E-state index contributed by atoms with van der Waals surface area (Å²) in [5.41, 5.74) is 3.77. The quantitative estimate of drug-likeness (QED) is 0.446. The van der Waals surface area contributed by atoms with Gasteiger partial charge in [-0.3, -0.25) is 4.57 Å². The highest BCUT2D eigenvalue weighted by Gasteiger charge is 2.91. The fourth-order valence-electron chi connectivity index (χ4n) is 14.3. The Morgan fingerprint density at radius 1 is 1.08 bits per heavy atom. The van der Waals surface area contributed by atoms with E-state index in [2.05, 4.69) is 53.1 Å². The van der Waals surface area contributed by atoms with Gasteiger partial charge in [-0.05, 0) is 104 Å². The van der Waals surface area contributed by atoms with Crippen molar-refractivity contribution in [2.45, 2.75) is 107 Å². The Labute approximate surface area is 231 Å². The molecule has 1 aromatic carbocycles. The standard InChI is InChI=1S/C34H43N3O2/c1-4-21(5-2)36-34-17-11-29-10-16-33(26(29)34,24(34)6-3)31-14-12-30(13-15-32(39,20-31)27(30)31)22-8-7-9-23-25(22)37(19-18-29)28(38)35-23/h4-5,7-9,21,24,26-27,36,39H,1-2,6,10-20H2,3H3,(H,35,38)/t24-,26?,27?,29?,30?,31?,32?,33?,34?/m1/s1. The van der Waals surface area contributed by atoms with E-state index >= 15 is 0 Å². The monoisotopic (exact) mass is 525 g/mol. The van der Waals surface area contributed by atoms with E-state index in [1.54, 1.807) is 0 Å². The first-order valence-electron chi connectivity index (χ1n) is 15.8. The van der Waals surface area contributed by atoms with E-state index in [-0.39, 0.29) is 38.9 Å². The molecular formula is C34H43N3O2. The van der Waals surface area contributed by atoms with Gasteiger partial charge >= 0.3 is 5.69 Å². The minimum absolute atomic E-state index is 0.0272. The molecule has 4 bridgehead atoms. The smallest absolute Gasteiger partial charge is 0.326 e. The predicted molar refractivity (Wildman–Crippen MR) is 153 cm³/mol. The molecule has 0 amide bonds. The fourth-order valence-corrected chi connectivity index (χ4v) is 14.3. The number of rotatable bonds is 5. The molecule has 2 heterocycles. The number of nitrogens with zero attached hydrogens (tertiary/aromatic N) is 1. The van der Waals surface area contributed by atoms with Crippen molar-refractivity contribution < 1.29 is 5.11 Å². The van der Waals surface area contributed by atoms with Crippen LogP contribution in [0.2, 0.25) is 0 Å². The lowest BCUT2D eigenvalue weighted by Crippen LogP contribution is -2.82. The van der Waals surface area contributed by atoms with Gasteiger partial charge in [-0.2, -0.15) is 0 Å². The largest absolute Gasteiger partial charge is 0.390 e. The molecule has 9 atom stereocenters. The van der Waals surface area contributed by atoms with Gasteiger partial charge in [0.15, 0.2) is 0 Å².